The van der Waals surface area contributed by atoms with Gasteiger partial charge in [0.25, 0.3) is 0 Å². The van der Waals surface area contributed by atoms with Crippen molar-refractivity contribution in [3.8, 4) is 0 Å². The molecule has 1 aliphatic carbocycles. The van der Waals surface area contributed by atoms with Crippen LogP contribution in [0.1, 0.15) is 24.0 Å². The molecule has 0 heterocycles. The maximum absolute atomic E-state index is 12.7. The van der Waals surface area contributed by atoms with Crippen LogP contribution in [0, 0.1) is 0 Å². The molecule has 0 radical (unpaired) electrons. The highest BCUT2D eigenvalue weighted by Crippen LogP contribution is 2.48. The second-order valence-corrected chi connectivity index (χ2v) is 5.17. The van der Waals surface area contributed by atoms with Crippen molar-refractivity contribution in [3.63, 3.8) is 0 Å². The van der Waals surface area contributed by atoms with Crippen LogP contribution in [0.5, 0.6) is 0 Å². The first kappa shape index (κ1) is 14.8. The van der Waals surface area contributed by atoms with Gasteiger partial charge in [-0.3, -0.25) is 4.79 Å². The Balaban J connectivity index is 2.09. The molecule has 1 fully saturated rings. The van der Waals surface area contributed by atoms with Gasteiger partial charge in [-0.15, -0.1) is 0 Å². The molecule has 2 rings (SSSR count). The summed E-state index contributed by atoms with van der Waals surface area (Å²) in [5.41, 5.74) is -0.315. The van der Waals surface area contributed by atoms with Crippen LogP contribution in [0.15, 0.2) is 24.3 Å². The van der Waals surface area contributed by atoms with Gasteiger partial charge in [-0.25, -0.2) is 0 Å². The van der Waals surface area contributed by atoms with E-state index < -0.39 is 11.7 Å². The molecule has 0 aromatic heterocycles. The van der Waals surface area contributed by atoms with E-state index in [0.717, 1.165) is 18.9 Å². The zero-order valence-electron chi connectivity index (χ0n) is 11.2. The van der Waals surface area contributed by atoms with E-state index in [1.165, 1.54) is 12.1 Å². The van der Waals surface area contributed by atoms with Gasteiger partial charge in [-0.2, -0.15) is 13.2 Å². The number of hydrogen-bond acceptors (Lipinski definition) is 2. The monoisotopic (exact) mass is 286 g/mol. The summed E-state index contributed by atoms with van der Waals surface area (Å²) in [6.45, 7) is 0.591. The number of carbonyl (C=O) groups is 1. The van der Waals surface area contributed by atoms with Crippen LogP contribution in [0.25, 0.3) is 0 Å². The molecule has 2 N–H and O–H groups in total. The minimum Gasteiger partial charge on any atom is -0.354 e. The van der Waals surface area contributed by atoms with Crippen molar-refractivity contribution in [3.05, 3.63) is 35.4 Å². The molecule has 6 heteroatoms. The second-order valence-electron chi connectivity index (χ2n) is 5.17. The summed E-state index contributed by atoms with van der Waals surface area (Å²) < 4.78 is 38.1. The van der Waals surface area contributed by atoms with E-state index in [9.17, 15) is 18.0 Å². The number of nitrogens with one attached hydrogen (secondary N) is 2. The number of rotatable bonds is 5. The summed E-state index contributed by atoms with van der Waals surface area (Å²) in [4.78, 5) is 11.4. The highest BCUT2D eigenvalue weighted by molar-refractivity contribution is 5.78. The normalized spacial score (nSPS) is 16.8. The lowest BCUT2D eigenvalue weighted by Crippen LogP contribution is -2.37. The molecule has 3 nitrogen and oxygen atoms in total. The first-order valence-corrected chi connectivity index (χ1v) is 6.46. The van der Waals surface area contributed by atoms with Gasteiger partial charge in [0.15, 0.2) is 0 Å². The summed E-state index contributed by atoms with van der Waals surface area (Å²) in [6.07, 6.45) is -2.73. The average molecular weight is 286 g/mol. The topological polar surface area (TPSA) is 41.1 Å². The Labute approximate surface area is 115 Å². The highest BCUT2D eigenvalue weighted by Gasteiger charge is 2.45. The SMILES string of the molecule is CNCC(=O)NCC1(c2cccc(C(F)(F)F)c2)CC1. The molecule has 1 aromatic rings. The second kappa shape index (κ2) is 5.44. The number of amides is 1. The molecule has 0 bridgehead atoms. The van der Waals surface area contributed by atoms with Gasteiger partial charge in [-0.1, -0.05) is 18.2 Å². The third-order valence-electron chi connectivity index (χ3n) is 3.62. The molecule has 20 heavy (non-hydrogen) atoms. The quantitative estimate of drug-likeness (QED) is 0.870. The molecular weight excluding hydrogens is 269 g/mol. The first-order valence-electron chi connectivity index (χ1n) is 6.46. The van der Waals surface area contributed by atoms with Crippen LogP contribution < -0.4 is 10.6 Å². The van der Waals surface area contributed by atoms with Crippen LogP contribution in [0.2, 0.25) is 0 Å². The molecule has 0 unspecified atom stereocenters. The molecule has 0 atom stereocenters. The number of carbonyl (C=O) groups excluding carboxylic acids is 1. The predicted molar refractivity (Wildman–Crippen MR) is 69.3 cm³/mol. The van der Waals surface area contributed by atoms with Crippen LogP contribution in [0.4, 0.5) is 13.2 Å². The maximum atomic E-state index is 12.7. The van der Waals surface area contributed by atoms with Crippen molar-refractivity contribution in [1.82, 2.24) is 10.6 Å². The van der Waals surface area contributed by atoms with Gasteiger partial charge >= 0.3 is 6.18 Å². The summed E-state index contributed by atoms with van der Waals surface area (Å²) in [6, 6.07) is 5.39. The van der Waals surface area contributed by atoms with Crippen molar-refractivity contribution >= 4 is 5.91 Å². The molecule has 1 aromatic carbocycles. The lowest BCUT2D eigenvalue weighted by Gasteiger charge is -2.18. The van der Waals surface area contributed by atoms with Gasteiger partial charge in [0, 0.05) is 12.0 Å². The average Bonchev–Trinajstić information content (AvgIpc) is 3.17. The maximum Gasteiger partial charge on any atom is 0.416 e. The van der Waals surface area contributed by atoms with Crippen molar-refractivity contribution in [2.24, 2.45) is 0 Å². The largest absolute Gasteiger partial charge is 0.416 e. The van der Waals surface area contributed by atoms with Gasteiger partial charge in [0.05, 0.1) is 12.1 Å². The minimum absolute atomic E-state index is 0.147. The van der Waals surface area contributed by atoms with E-state index in [1.807, 2.05) is 0 Å². The Bertz CT molecular complexity index is 495. The summed E-state index contributed by atoms with van der Waals surface area (Å²) in [7, 11) is 1.67. The van der Waals surface area contributed by atoms with Crippen LogP contribution in [0.3, 0.4) is 0 Å². The molecule has 1 aliphatic rings. The lowest BCUT2D eigenvalue weighted by atomic mass is 9.94. The molecule has 0 aliphatic heterocycles. The summed E-state index contributed by atoms with van der Waals surface area (Å²) >= 11 is 0. The van der Waals surface area contributed by atoms with E-state index in [4.69, 9.17) is 0 Å². The Morgan fingerprint density at radius 2 is 2.05 bits per heavy atom. The number of alkyl halides is 3. The van der Waals surface area contributed by atoms with Crippen molar-refractivity contribution in [2.75, 3.05) is 20.1 Å². The van der Waals surface area contributed by atoms with Crippen LogP contribution in [-0.2, 0) is 16.4 Å². The third kappa shape index (κ3) is 3.30. The molecule has 0 saturated heterocycles. The van der Waals surface area contributed by atoms with E-state index >= 15 is 0 Å². The Morgan fingerprint density at radius 3 is 2.60 bits per heavy atom. The van der Waals surface area contributed by atoms with Crippen LogP contribution >= 0.6 is 0 Å². The molecule has 1 saturated carbocycles. The number of benzene rings is 1. The first-order chi connectivity index (χ1) is 9.37. The van der Waals surface area contributed by atoms with E-state index in [2.05, 4.69) is 10.6 Å². The standard InChI is InChI=1S/C14H17F3N2O/c1-18-8-12(20)19-9-13(5-6-13)10-3-2-4-11(7-10)14(15,16)17/h2-4,7,18H,5-6,8-9H2,1H3,(H,19,20). The van der Waals surface area contributed by atoms with Crippen molar-refractivity contribution in [2.45, 2.75) is 24.4 Å². The molecule has 0 spiro atoms. The zero-order valence-corrected chi connectivity index (χ0v) is 11.2. The Kier molecular flexibility index (Phi) is 4.04. The van der Waals surface area contributed by atoms with E-state index in [0.29, 0.717) is 12.1 Å². The van der Waals surface area contributed by atoms with Gasteiger partial charge in [0.2, 0.25) is 5.91 Å². The molecule has 1 amide bonds. The Hall–Kier alpha value is -1.56. The zero-order chi connectivity index (χ0) is 14.8. The fourth-order valence-corrected chi connectivity index (χ4v) is 2.23. The number of halogens is 3. The van der Waals surface area contributed by atoms with Gasteiger partial charge < -0.3 is 10.6 Å². The highest BCUT2D eigenvalue weighted by atomic mass is 19.4. The fraction of sp³-hybridized carbons (Fsp3) is 0.500. The molecular formula is C14H17F3N2O. The lowest BCUT2D eigenvalue weighted by molar-refractivity contribution is -0.137. The Morgan fingerprint density at radius 1 is 1.35 bits per heavy atom. The van der Waals surface area contributed by atoms with Gasteiger partial charge in [-0.05, 0) is 31.5 Å². The minimum atomic E-state index is -4.33. The predicted octanol–water partition coefficient (Wildman–Crippen LogP) is 2.07. The number of hydrogen-bond donors (Lipinski definition) is 2. The smallest absolute Gasteiger partial charge is 0.354 e. The van der Waals surface area contributed by atoms with E-state index in [-0.39, 0.29) is 17.9 Å². The van der Waals surface area contributed by atoms with Crippen molar-refractivity contribution in [1.29, 1.82) is 0 Å². The summed E-state index contributed by atoms with van der Waals surface area (Å²) in [5, 5.41) is 5.49. The van der Waals surface area contributed by atoms with Gasteiger partial charge in [0.1, 0.15) is 0 Å². The fourth-order valence-electron chi connectivity index (χ4n) is 2.23. The number of likely N-dealkylation sites (N-methyl/N-ethyl adjacent to an activating group) is 1. The van der Waals surface area contributed by atoms with E-state index in [1.54, 1.807) is 13.1 Å². The molecule has 110 valence electrons. The van der Waals surface area contributed by atoms with Crippen molar-refractivity contribution < 1.29 is 18.0 Å². The van der Waals surface area contributed by atoms with Crippen LogP contribution in [-0.4, -0.2) is 26.0 Å². The third-order valence-corrected chi connectivity index (χ3v) is 3.62. The summed E-state index contributed by atoms with van der Waals surface area (Å²) in [5.74, 6) is -0.147.